The maximum absolute atomic E-state index is 10.3. The molecule has 0 saturated carbocycles. The molecule has 1 atom stereocenters. The smallest absolute Gasteiger partial charge is 0.108 e. The Hall–Kier alpha value is -1.42. The van der Waals surface area contributed by atoms with Crippen molar-refractivity contribution in [3.8, 4) is 0 Å². The van der Waals surface area contributed by atoms with Crippen molar-refractivity contribution in [2.45, 2.75) is 12.5 Å². The van der Waals surface area contributed by atoms with E-state index in [1.807, 2.05) is 42.6 Å². The second-order valence-corrected chi connectivity index (χ2v) is 5.64. The van der Waals surface area contributed by atoms with Crippen LogP contribution in [0.5, 0.6) is 0 Å². The standard InChI is InChI=1S/C16H19NOS/c1-16(18,15-10-6-12-19-15)13-17-11-5-9-14-7-3-2-4-8-14/h2-10,12,17-18H,11,13H2,1H3/b9-5+. The highest BCUT2D eigenvalue weighted by atomic mass is 32.1. The fraction of sp³-hybridized carbons (Fsp3) is 0.250. The van der Waals surface area contributed by atoms with Gasteiger partial charge in [-0.2, -0.15) is 0 Å². The summed E-state index contributed by atoms with van der Waals surface area (Å²) >= 11 is 1.58. The number of nitrogens with one attached hydrogen (secondary N) is 1. The Kier molecular flexibility index (Phi) is 4.91. The lowest BCUT2D eigenvalue weighted by Gasteiger charge is -2.21. The van der Waals surface area contributed by atoms with Crippen LogP contribution in [0, 0.1) is 0 Å². The summed E-state index contributed by atoms with van der Waals surface area (Å²) in [5.74, 6) is 0. The molecule has 19 heavy (non-hydrogen) atoms. The van der Waals surface area contributed by atoms with Crippen molar-refractivity contribution in [1.29, 1.82) is 0 Å². The topological polar surface area (TPSA) is 32.3 Å². The minimum Gasteiger partial charge on any atom is -0.383 e. The first-order valence-corrected chi connectivity index (χ1v) is 7.25. The third kappa shape index (κ3) is 4.31. The van der Waals surface area contributed by atoms with E-state index < -0.39 is 5.60 Å². The highest BCUT2D eigenvalue weighted by Crippen LogP contribution is 2.24. The predicted octanol–water partition coefficient (Wildman–Crippen LogP) is 3.26. The minimum absolute atomic E-state index is 0.548. The van der Waals surface area contributed by atoms with E-state index in [0.717, 1.165) is 11.4 Å². The zero-order valence-corrected chi connectivity index (χ0v) is 11.9. The van der Waals surface area contributed by atoms with Crippen LogP contribution in [0.3, 0.4) is 0 Å². The van der Waals surface area contributed by atoms with Crippen LogP contribution in [0.2, 0.25) is 0 Å². The van der Waals surface area contributed by atoms with Crippen LogP contribution in [0.4, 0.5) is 0 Å². The van der Waals surface area contributed by atoms with Gasteiger partial charge in [0.25, 0.3) is 0 Å². The lowest BCUT2D eigenvalue weighted by molar-refractivity contribution is 0.0619. The molecule has 0 amide bonds. The molecule has 0 aliphatic heterocycles. The van der Waals surface area contributed by atoms with Gasteiger partial charge in [0, 0.05) is 18.0 Å². The quantitative estimate of drug-likeness (QED) is 0.792. The van der Waals surface area contributed by atoms with Gasteiger partial charge < -0.3 is 10.4 Å². The molecular weight excluding hydrogens is 254 g/mol. The maximum atomic E-state index is 10.3. The molecule has 1 aromatic carbocycles. The van der Waals surface area contributed by atoms with Crippen molar-refractivity contribution in [3.05, 3.63) is 64.4 Å². The molecule has 0 radical (unpaired) electrons. The number of benzene rings is 1. The molecule has 0 fully saturated rings. The molecule has 2 nitrogen and oxygen atoms in total. The van der Waals surface area contributed by atoms with Crippen LogP contribution in [-0.4, -0.2) is 18.2 Å². The van der Waals surface area contributed by atoms with E-state index in [0.29, 0.717) is 6.54 Å². The third-order valence-electron chi connectivity index (χ3n) is 2.89. The van der Waals surface area contributed by atoms with Gasteiger partial charge in [-0.1, -0.05) is 48.6 Å². The SMILES string of the molecule is CC(O)(CNC/C=C/c1ccccc1)c1cccs1. The molecule has 0 spiro atoms. The van der Waals surface area contributed by atoms with Crippen molar-refractivity contribution >= 4 is 17.4 Å². The van der Waals surface area contributed by atoms with Gasteiger partial charge in [0.15, 0.2) is 0 Å². The Morgan fingerprint density at radius 3 is 2.68 bits per heavy atom. The fourth-order valence-corrected chi connectivity index (χ4v) is 2.62. The molecular formula is C16H19NOS. The van der Waals surface area contributed by atoms with Gasteiger partial charge in [0.05, 0.1) is 0 Å². The third-order valence-corrected chi connectivity index (χ3v) is 4.02. The second kappa shape index (κ2) is 6.66. The van der Waals surface area contributed by atoms with E-state index in [-0.39, 0.29) is 0 Å². The van der Waals surface area contributed by atoms with Crippen molar-refractivity contribution in [2.75, 3.05) is 13.1 Å². The molecule has 2 rings (SSSR count). The fourth-order valence-electron chi connectivity index (χ4n) is 1.83. The minimum atomic E-state index is -0.797. The van der Waals surface area contributed by atoms with E-state index in [1.165, 1.54) is 5.56 Å². The second-order valence-electron chi connectivity index (χ2n) is 4.70. The lowest BCUT2D eigenvalue weighted by Crippen LogP contribution is -2.34. The molecule has 0 bridgehead atoms. The molecule has 0 saturated heterocycles. The molecule has 0 aliphatic rings. The van der Waals surface area contributed by atoms with Crippen LogP contribution in [0.25, 0.3) is 6.08 Å². The summed E-state index contributed by atoms with van der Waals surface area (Å²) in [6.07, 6.45) is 4.15. The first-order chi connectivity index (χ1) is 9.18. The zero-order valence-electron chi connectivity index (χ0n) is 11.0. The summed E-state index contributed by atoms with van der Waals surface area (Å²) in [5.41, 5.74) is 0.392. The van der Waals surface area contributed by atoms with E-state index in [1.54, 1.807) is 11.3 Å². The van der Waals surface area contributed by atoms with Crippen molar-refractivity contribution in [3.63, 3.8) is 0 Å². The normalized spacial score (nSPS) is 14.6. The summed E-state index contributed by atoms with van der Waals surface area (Å²) in [5, 5.41) is 15.6. The van der Waals surface area contributed by atoms with Gasteiger partial charge >= 0.3 is 0 Å². The molecule has 0 aliphatic carbocycles. The summed E-state index contributed by atoms with van der Waals surface area (Å²) in [6, 6.07) is 14.1. The van der Waals surface area contributed by atoms with Gasteiger partial charge in [-0.3, -0.25) is 0 Å². The van der Waals surface area contributed by atoms with E-state index in [4.69, 9.17) is 0 Å². The summed E-state index contributed by atoms with van der Waals surface area (Å²) in [6.45, 7) is 3.13. The van der Waals surface area contributed by atoms with Crippen molar-refractivity contribution < 1.29 is 5.11 Å². The maximum Gasteiger partial charge on any atom is 0.108 e. The van der Waals surface area contributed by atoms with Crippen LogP contribution >= 0.6 is 11.3 Å². The number of hydrogen-bond acceptors (Lipinski definition) is 3. The van der Waals surface area contributed by atoms with Gasteiger partial charge in [-0.15, -0.1) is 11.3 Å². The summed E-state index contributed by atoms with van der Waals surface area (Å²) < 4.78 is 0. The van der Waals surface area contributed by atoms with E-state index >= 15 is 0 Å². The van der Waals surface area contributed by atoms with Crippen LogP contribution in [0.15, 0.2) is 53.9 Å². The Balaban J connectivity index is 1.77. The van der Waals surface area contributed by atoms with Gasteiger partial charge in [-0.05, 0) is 23.9 Å². The average molecular weight is 273 g/mol. The lowest BCUT2D eigenvalue weighted by atomic mass is 10.1. The Labute approximate surface area is 118 Å². The Morgan fingerprint density at radius 1 is 1.21 bits per heavy atom. The van der Waals surface area contributed by atoms with Crippen LogP contribution in [0.1, 0.15) is 17.4 Å². The molecule has 1 unspecified atom stereocenters. The highest BCUT2D eigenvalue weighted by molar-refractivity contribution is 7.10. The van der Waals surface area contributed by atoms with Gasteiger partial charge in [0.1, 0.15) is 5.60 Å². The molecule has 2 N–H and O–H groups in total. The average Bonchev–Trinajstić information content (AvgIpc) is 2.94. The molecule has 1 heterocycles. The summed E-state index contributed by atoms with van der Waals surface area (Å²) in [4.78, 5) is 0.993. The Bertz CT molecular complexity index is 503. The predicted molar refractivity (Wildman–Crippen MR) is 82.2 cm³/mol. The van der Waals surface area contributed by atoms with E-state index in [9.17, 15) is 5.11 Å². The number of hydrogen-bond donors (Lipinski definition) is 2. The number of thiophene rings is 1. The first kappa shape index (κ1) is 14.0. The first-order valence-electron chi connectivity index (χ1n) is 6.37. The molecule has 1 aromatic heterocycles. The molecule has 100 valence electrons. The molecule has 3 heteroatoms. The van der Waals surface area contributed by atoms with Crippen molar-refractivity contribution in [2.24, 2.45) is 0 Å². The molecule has 2 aromatic rings. The van der Waals surface area contributed by atoms with Gasteiger partial charge in [0.2, 0.25) is 0 Å². The highest BCUT2D eigenvalue weighted by Gasteiger charge is 2.22. The largest absolute Gasteiger partial charge is 0.383 e. The Morgan fingerprint density at radius 2 is 2.00 bits per heavy atom. The van der Waals surface area contributed by atoms with Gasteiger partial charge in [-0.25, -0.2) is 0 Å². The monoisotopic (exact) mass is 273 g/mol. The summed E-state index contributed by atoms with van der Waals surface area (Å²) in [7, 11) is 0. The number of rotatable bonds is 6. The number of aliphatic hydroxyl groups is 1. The zero-order chi connectivity index (χ0) is 13.6. The van der Waals surface area contributed by atoms with Crippen molar-refractivity contribution in [1.82, 2.24) is 5.32 Å². The van der Waals surface area contributed by atoms with Crippen LogP contribution < -0.4 is 5.32 Å². The van der Waals surface area contributed by atoms with Crippen LogP contribution in [-0.2, 0) is 5.60 Å². The van der Waals surface area contributed by atoms with E-state index in [2.05, 4.69) is 29.6 Å².